The fourth-order valence-electron chi connectivity index (χ4n) is 2.69. The largest absolute Gasteiger partial charge is 0.438 e. The Hall–Kier alpha value is -1.46. The monoisotopic (exact) mass is 435 g/mol. The summed E-state index contributed by atoms with van der Waals surface area (Å²) in [6.07, 6.45) is 5.48. The minimum absolute atomic E-state index is 0.0595. The van der Waals surface area contributed by atoms with Crippen molar-refractivity contribution in [1.29, 1.82) is 0 Å². The first-order valence-corrected chi connectivity index (χ1v) is 9.58. The van der Waals surface area contributed by atoms with Gasteiger partial charge in [0.2, 0.25) is 5.88 Å². The molecule has 0 N–H and O–H groups in total. The van der Waals surface area contributed by atoms with Crippen molar-refractivity contribution in [1.82, 2.24) is 4.98 Å². The van der Waals surface area contributed by atoms with Crippen LogP contribution in [-0.4, -0.2) is 21.4 Å². The number of ketones is 1. The number of aromatic nitrogens is 1. The van der Waals surface area contributed by atoms with Gasteiger partial charge in [-0.1, -0.05) is 50.1 Å². The fourth-order valence-corrected chi connectivity index (χ4v) is 3.23. The lowest BCUT2D eigenvalue weighted by Crippen LogP contribution is -2.06. The van der Waals surface area contributed by atoms with E-state index in [0.29, 0.717) is 28.9 Å². The Morgan fingerprint density at radius 2 is 2.13 bits per heavy atom. The first-order chi connectivity index (χ1) is 11.2. The minimum Gasteiger partial charge on any atom is -0.438 e. The van der Waals surface area contributed by atoms with Crippen LogP contribution in [0.3, 0.4) is 0 Å². The standard InChI is InChI=1S/C18H15Br2NO2/c19-8-2-4-12-10-15-14(16(22)11-20)5-1-7-17(15)23-18-13(12)6-3-9-21-18/h1,3-7,9H,2,8,10-11H2. The predicted molar refractivity (Wildman–Crippen MR) is 99.0 cm³/mol. The molecule has 1 aromatic heterocycles. The maximum atomic E-state index is 12.2. The average Bonchev–Trinajstić information content (AvgIpc) is 2.75. The molecule has 0 amide bonds. The topological polar surface area (TPSA) is 39.2 Å². The van der Waals surface area contributed by atoms with Crippen molar-refractivity contribution < 1.29 is 9.53 Å². The van der Waals surface area contributed by atoms with Crippen molar-refractivity contribution in [3.8, 4) is 11.6 Å². The third-order valence-corrected chi connectivity index (χ3v) is 4.71. The molecule has 1 aliphatic heterocycles. The van der Waals surface area contributed by atoms with Crippen LogP contribution in [0.2, 0.25) is 0 Å². The Kier molecular flexibility index (Phi) is 5.28. The van der Waals surface area contributed by atoms with Crippen molar-refractivity contribution in [2.24, 2.45) is 0 Å². The highest BCUT2D eigenvalue weighted by atomic mass is 79.9. The molecule has 0 unspecified atom stereocenters. The summed E-state index contributed by atoms with van der Waals surface area (Å²) in [5.41, 5.74) is 3.76. The maximum Gasteiger partial charge on any atom is 0.226 e. The molecule has 2 aromatic rings. The normalized spacial score (nSPS) is 14.6. The summed E-state index contributed by atoms with van der Waals surface area (Å²) in [5, 5.41) is 1.19. The number of carbonyl (C=O) groups excluding carboxylic acids is 1. The lowest BCUT2D eigenvalue weighted by Gasteiger charge is -2.10. The zero-order chi connectivity index (χ0) is 16.2. The molecular weight excluding hydrogens is 422 g/mol. The van der Waals surface area contributed by atoms with Crippen LogP contribution in [0.4, 0.5) is 0 Å². The van der Waals surface area contributed by atoms with Gasteiger partial charge in [0.25, 0.3) is 0 Å². The van der Waals surface area contributed by atoms with Crippen LogP contribution in [0.25, 0.3) is 5.57 Å². The molecule has 3 rings (SSSR count). The zero-order valence-corrected chi connectivity index (χ0v) is 15.6. The lowest BCUT2D eigenvalue weighted by atomic mass is 9.94. The quantitative estimate of drug-likeness (QED) is 0.489. The molecule has 0 saturated heterocycles. The van der Waals surface area contributed by atoms with Crippen molar-refractivity contribution >= 4 is 43.2 Å². The van der Waals surface area contributed by atoms with Crippen molar-refractivity contribution in [2.45, 2.75) is 12.8 Å². The molecule has 0 bridgehead atoms. The molecule has 1 aliphatic rings. The van der Waals surface area contributed by atoms with Gasteiger partial charge in [-0.05, 0) is 30.2 Å². The lowest BCUT2D eigenvalue weighted by molar-refractivity contribution is 0.102. The van der Waals surface area contributed by atoms with E-state index in [-0.39, 0.29) is 5.78 Å². The number of ether oxygens (including phenoxy) is 1. The van der Waals surface area contributed by atoms with E-state index in [1.807, 2.05) is 30.3 Å². The van der Waals surface area contributed by atoms with Crippen LogP contribution in [0.5, 0.6) is 11.6 Å². The summed E-state index contributed by atoms with van der Waals surface area (Å²) < 4.78 is 6.02. The second-order valence-electron chi connectivity index (χ2n) is 5.18. The maximum absolute atomic E-state index is 12.2. The number of fused-ring (bicyclic) bond motifs is 2. The number of nitrogens with zero attached hydrogens (tertiary/aromatic N) is 1. The summed E-state index contributed by atoms with van der Waals surface area (Å²) in [7, 11) is 0. The van der Waals surface area contributed by atoms with Gasteiger partial charge in [-0.2, -0.15) is 0 Å². The predicted octanol–water partition coefficient (Wildman–Crippen LogP) is 5.18. The van der Waals surface area contributed by atoms with Gasteiger partial charge in [-0.15, -0.1) is 0 Å². The van der Waals surface area contributed by atoms with E-state index < -0.39 is 0 Å². The smallest absolute Gasteiger partial charge is 0.226 e. The van der Waals surface area contributed by atoms with Crippen LogP contribution in [0.1, 0.15) is 27.9 Å². The van der Waals surface area contributed by atoms with Crippen molar-refractivity contribution in [2.75, 3.05) is 10.7 Å². The molecule has 0 fully saturated rings. The molecule has 118 valence electrons. The van der Waals surface area contributed by atoms with Crippen LogP contribution in [0, 0.1) is 0 Å². The van der Waals surface area contributed by atoms with E-state index in [2.05, 4.69) is 42.9 Å². The second-order valence-corrected chi connectivity index (χ2v) is 6.53. The molecule has 0 spiro atoms. The number of pyridine rings is 1. The molecular formula is C18H15Br2NO2. The van der Waals surface area contributed by atoms with Crippen molar-refractivity contribution in [3.05, 3.63) is 59.3 Å². The summed E-state index contributed by atoms with van der Waals surface area (Å²) in [5.74, 6) is 1.36. The van der Waals surface area contributed by atoms with Crippen LogP contribution < -0.4 is 4.74 Å². The number of halogens is 2. The highest BCUT2D eigenvalue weighted by Gasteiger charge is 2.23. The summed E-state index contributed by atoms with van der Waals surface area (Å²) in [6.45, 7) is 0. The van der Waals surface area contributed by atoms with Crippen LogP contribution >= 0.6 is 31.9 Å². The third-order valence-electron chi connectivity index (χ3n) is 3.75. The number of rotatable bonds is 4. The minimum atomic E-state index is 0.0595. The van der Waals surface area contributed by atoms with E-state index >= 15 is 0 Å². The van der Waals surface area contributed by atoms with Gasteiger partial charge in [-0.3, -0.25) is 4.79 Å². The summed E-state index contributed by atoms with van der Waals surface area (Å²) in [4.78, 5) is 16.6. The summed E-state index contributed by atoms with van der Waals surface area (Å²) in [6, 6.07) is 9.53. The van der Waals surface area contributed by atoms with Crippen LogP contribution in [-0.2, 0) is 6.42 Å². The Morgan fingerprint density at radius 1 is 1.26 bits per heavy atom. The number of alkyl halides is 2. The molecule has 0 radical (unpaired) electrons. The van der Waals surface area contributed by atoms with Crippen molar-refractivity contribution in [3.63, 3.8) is 0 Å². The molecule has 23 heavy (non-hydrogen) atoms. The van der Waals surface area contributed by atoms with Gasteiger partial charge >= 0.3 is 0 Å². The highest BCUT2D eigenvalue weighted by Crippen LogP contribution is 2.39. The second kappa shape index (κ2) is 7.41. The first-order valence-electron chi connectivity index (χ1n) is 7.34. The number of hydrogen-bond acceptors (Lipinski definition) is 3. The Bertz CT molecular complexity index is 771. The highest BCUT2D eigenvalue weighted by molar-refractivity contribution is 9.09. The number of carbonyl (C=O) groups is 1. The van der Waals surface area contributed by atoms with E-state index in [4.69, 9.17) is 4.74 Å². The Labute approximate surface area is 152 Å². The van der Waals surface area contributed by atoms with Gasteiger partial charge in [0.05, 0.1) is 5.33 Å². The molecule has 2 heterocycles. The van der Waals surface area contributed by atoms with Gasteiger partial charge in [0.15, 0.2) is 5.78 Å². The number of allylic oxidation sites excluding steroid dienone is 2. The Balaban J connectivity index is 2.15. The number of benzene rings is 1. The van der Waals surface area contributed by atoms with E-state index in [0.717, 1.165) is 28.5 Å². The summed E-state index contributed by atoms with van der Waals surface area (Å²) >= 11 is 6.73. The van der Waals surface area contributed by atoms with E-state index in [9.17, 15) is 4.79 Å². The molecule has 0 saturated carbocycles. The molecule has 0 atom stereocenters. The molecule has 3 nitrogen and oxygen atoms in total. The fraction of sp³-hybridized carbons (Fsp3) is 0.222. The van der Waals surface area contributed by atoms with Crippen LogP contribution in [0.15, 0.2) is 42.6 Å². The third kappa shape index (κ3) is 3.40. The van der Waals surface area contributed by atoms with E-state index in [1.165, 1.54) is 0 Å². The van der Waals surface area contributed by atoms with Gasteiger partial charge in [-0.25, -0.2) is 4.98 Å². The van der Waals surface area contributed by atoms with Gasteiger partial charge in [0.1, 0.15) is 5.75 Å². The molecule has 1 aromatic carbocycles. The van der Waals surface area contributed by atoms with E-state index in [1.54, 1.807) is 6.20 Å². The SMILES string of the molecule is O=C(CBr)c1cccc2c1CC(=CCCBr)c1cccnc1O2. The molecule has 0 aliphatic carbocycles. The Morgan fingerprint density at radius 3 is 2.91 bits per heavy atom. The number of Topliss-reactive ketones (excluding diaryl/α,β-unsaturated/α-hetero) is 1. The first kappa shape index (κ1) is 16.4. The zero-order valence-electron chi connectivity index (χ0n) is 12.4. The molecule has 5 heteroatoms. The number of hydrogen-bond donors (Lipinski definition) is 0. The van der Waals surface area contributed by atoms with Gasteiger partial charge in [0, 0.05) is 34.6 Å². The van der Waals surface area contributed by atoms with Gasteiger partial charge < -0.3 is 4.74 Å². The average molecular weight is 437 g/mol.